The van der Waals surface area contributed by atoms with Crippen LogP contribution in [0.2, 0.25) is 0 Å². The van der Waals surface area contributed by atoms with Crippen LogP contribution in [0.15, 0.2) is 18.3 Å². The summed E-state index contributed by atoms with van der Waals surface area (Å²) in [5.74, 6) is 1.35. The average Bonchev–Trinajstić information content (AvgIpc) is 2.54. The lowest BCUT2D eigenvalue weighted by molar-refractivity contribution is -0.121. The number of anilines is 1. The van der Waals surface area contributed by atoms with Crippen LogP contribution in [0.3, 0.4) is 0 Å². The van der Waals surface area contributed by atoms with Gasteiger partial charge in [-0.05, 0) is 26.0 Å². The Kier molecular flexibility index (Phi) is 2.14. The van der Waals surface area contributed by atoms with Crippen molar-refractivity contribution in [2.75, 3.05) is 18.0 Å². The topological polar surface area (TPSA) is 50.5 Å². The highest BCUT2D eigenvalue weighted by atomic mass is 16.1. The first-order valence-corrected chi connectivity index (χ1v) is 5.72. The minimum Gasteiger partial charge on any atom is -0.354 e. The number of ketones is 1. The molecule has 2 aromatic rings. The molecule has 3 rings (SSSR count). The van der Waals surface area contributed by atoms with E-state index in [0.29, 0.717) is 0 Å². The van der Waals surface area contributed by atoms with Gasteiger partial charge in [-0.1, -0.05) is 0 Å². The molecule has 0 atom stereocenters. The molecule has 0 N–H and O–H groups in total. The fourth-order valence-corrected chi connectivity index (χ4v) is 2.08. The van der Waals surface area contributed by atoms with Crippen LogP contribution in [0.25, 0.3) is 5.65 Å². The van der Waals surface area contributed by atoms with E-state index in [0.717, 1.165) is 30.2 Å². The van der Waals surface area contributed by atoms with Crippen molar-refractivity contribution < 1.29 is 4.79 Å². The summed E-state index contributed by atoms with van der Waals surface area (Å²) >= 11 is 0. The van der Waals surface area contributed by atoms with E-state index >= 15 is 0 Å². The molecule has 0 aromatic carbocycles. The van der Waals surface area contributed by atoms with Crippen LogP contribution in [0.1, 0.15) is 12.6 Å². The van der Waals surface area contributed by atoms with E-state index in [-0.39, 0.29) is 11.7 Å². The second-order valence-corrected chi connectivity index (χ2v) is 4.59. The maximum Gasteiger partial charge on any atom is 0.153 e. The van der Waals surface area contributed by atoms with Gasteiger partial charge in [-0.2, -0.15) is 0 Å². The quantitative estimate of drug-likeness (QED) is 0.774. The molecule has 0 spiro atoms. The van der Waals surface area contributed by atoms with Gasteiger partial charge in [0.15, 0.2) is 5.65 Å². The van der Waals surface area contributed by atoms with Crippen LogP contribution in [-0.4, -0.2) is 33.5 Å². The minimum absolute atomic E-state index is 0.178. The number of imidazole rings is 1. The lowest BCUT2D eigenvalue weighted by Crippen LogP contribution is -2.50. The van der Waals surface area contributed by atoms with Crippen molar-refractivity contribution in [3.05, 3.63) is 24.0 Å². The molecule has 1 aliphatic heterocycles. The number of rotatable bonds is 2. The first-order chi connectivity index (χ1) is 8.13. The van der Waals surface area contributed by atoms with Gasteiger partial charge < -0.3 is 4.90 Å². The molecule has 5 nitrogen and oxygen atoms in total. The zero-order chi connectivity index (χ0) is 12.0. The molecule has 0 aliphatic carbocycles. The summed E-state index contributed by atoms with van der Waals surface area (Å²) in [5.41, 5.74) is 1.81. The molecule has 0 unspecified atom stereocenters. The molecular weight excluding hydrogens is 216 g/mol. The number of fused-ring (bicyclic) bond motifs is 1. The summed E-state index contributed by atoms with van der Waals surface area (Å²) in [5, 5.41) is 4.48. The Hall–Kier alpha value is -1.91. The molecule has 5 heteroatoms. The highest BCUT2D eigenvalue weighted by molar-refractivity contribution is 5.81. The Bertz CT molecular complexity index is 583. The lowest BCUT2D eigenvalue weighted by atomic mass is 9.96. The number of hydrogen-bond acceptors (Lipinski definition) is 4. The molecule has 1 fully saturated rings. The molecule has 88 valence electrons. The standard InChI is InChI=1S/C12H14N4O/c1-8-5-16-11(13-8)3-4-12(14-16)15-6-10(7-15)9(2)17/h3-5,10H,6-7H2,1-2H3. The van der Waals surface area contributed by atoms with E-state index < -0.39 is 0 Å². The molecule has 2 aromatic heterocycles. The molecule has 0 saturated carbocycles. The molecule has 1 saturated heterocycles. The van der Waals surface area contributed by atoms with Gasteiger partial charge in [-0.25, -0.2) is 9.50 Å². The third-order valence-electron chi connectivity index (χ3n) is 3.21. The maximum atomic E-state index is 11.2. The second-order valence-electron chi connectivity index (χ2n) is 4.59. The third kappa shape index (κ3) is 1.67. The monoisotopic (exact) mass is 230 g/mol. The van der Waals surface area contributed by atoms with Crippen LogP contribution in [0, 0.1) is 12.8 Å². The molecule has 0 bridgehead atoms. The van der Waals surface area contributed by atoms with Gasteiger partial charge >= 0.3 is 0 Å². The predicted octanol–water partition coefficient (Wildman–Crippen LogP) is 1.06. The Labute approximate surface area is 99.1 Å². The first-order valence-electron chi connectivity index (χ1n) is 5.72. The Morgan fingerprint density at radius 3 is 2.88 bits per heavy atom. The van der Waals surface area contributed by atoms with Crippen molar-refractivity contribution in [3.63, 3.8) is 0 Å². The first kappa shape index (κ1) is 10.3. The number of hydrogen-bond donors (Lipinski definition) is 0. The van der Waals surface area contributed by atoms with Crippen molar-refractivity contribution in [2.45, 2.75) is 13.8 Å². The lowest BCUT2D eigenvalue weighted by Gasteiger charge is -2.38. The SMILES string of the molecule is CC(=O)C1CN(c2ccc3nc(C)cn3n2)C1. The Morgan fingerprint density at radius 2 is 2.18 bits per heavy atom. The van der Waals surface area contributed by atoms with Crippen LogP contribution in [-0.2, 0) is 4.79 Å². The summed E-state index contributed by atoms with van der Waals surface area (Å²) in [4.78, 5) is 17.6. The van der Waals surface area contributed by atoms with Crippen LogP contribution >= 0.6 is 0 Å². The molecular formula is C12H14N4O. The smallest absolute Gasteiger partial charge is 0.153 e. The number of carbonyl (C=O) groups is 1. The van der Waals surface area contributed by atoms with E-state index in [2.05, 4.69) is 15.0 Å². The summed E-state index contributed by atoms with van der Waals surface area (Å²) in [6.45, 7) is 5.16. The molecule has 1 aliphatic rings. The largest absolute Gasteiger partial charge is 0.354 e. The van der Waals surface area contributed by atoms with Crippen molar-refractivity contribution in [2.24, 2.45) is 5.92 Å². The fourth-order valence-electron chi connectivity index (χ4n) is 2.08. The van der Waals surface area contributed by atoms with Gasteiger partial charge in [0.05, 0.1) is 17.8 Å². The van der Waals surface area contributed by atoms with Gasteiger partial charge in [0.2, 0.25) is 0 Å². The zero-order valence-corrected chi connectivity index (χ0v) is 9.92. The van der Waals surface area contributed by atoms with Crippen LogP contribution in [0.5, 0.6) is 0 Å². The van der Waals surface area contributed by atoms with E-state index in [1.807, 2.05) is 25.3 Å². The number of aryl methyl sites for hydroxylation is 1. The number of Topliss-reactive ketones (excluding diaryl/α,β-unsaturated/α-hetero) is 1. The summed E-state index contributed by atoms with van der Waals surface area (Å²) < 4.78 is 1.78. The van der Waals surface area contributed by atoms with Crippen LogP contribution in [0.4, 0.5) is 5.82 Å². The molecule has 0 amide bonds. The van der Waals surface area contributed by atoms with E-state index in [4.69, 9.17) is 0 Å². The summed E-state index contributed by atoms with van der Waals surface area (Å²) in [6, 6.07) is 3.91. The normalized spacial score (nSPS) is 16.2. The van der Waals surface area contributed by atoms with E-state index in [1.54, 1.807) is 11.4 Å². The van der Waals surface area contributed by atoms with E-state index in [1.165, 1.54) is 0 Å². The molecule has 0 radical (unpaired) electrons. The van der Waals surface area contributed by atoms with Crippen molar-refractivity contribution in [3.8, 4) is 0 Å². The summed E-state index contributed by atoms with van der Waals surface area (Å²) in [6.07, 6.45) is 1.90. The van der Waals surface area contributed by atoms with Gasteiger partial charge in [0, 0.05) is 13.1 Å². The fraction of sp³-hybridized carbons (Fsp3) is 0.417. The van der Waals surface area contributed by atoms with Crippen LogP contribution < -0.4 is 4.90 Å². The number of nitrogens with zero attached hydrogens (tertiary/aromatic N) is 4. The van der Waals surface area contributed by atoms with Crippen molar-refractivity contribution in [1.29, 1.82) is 0 Å². The number of aromatic nitrogens is 3. The maximum absolute atomic E-state index is 11.2. The Balaban J connectivity index is 1.85. The van der Waals surface area contributed by atoms with Gasteiger partial charge in [-0.15, -0.1) is 5.10 Å². The average molecular weight is 230 g/mol. The van der Waals surface area contributed by atoms with Crippen molar-refractivity contribution in [1.82, 2.24) is 14.6 Å². The molecule has 17 heavy (non-hydrogen) atoms. The van der Waals surface area contributed by atoms with Gasteiger partial charge in [0.1, 0.15) is 11.6 Å². The predicted molar refractivity (Wildman–Crippen MR) is 64.1 cm³/mol. The highest BCUT2D eigenvalue weighted by Crippen LogP contribution is 2.23. The second kappa shape index (κ2) is 3.55. The highest BCUT2D eigenvalue weighted by Gasteiger charge is 2.31. The van der Waals surface area contributed by atoms with Gasteiger partial charge in [-0.3, -0.25) is 4.79 Å². The van der Waals surface area contributed by atoms with Crippen molar-refractivity contribution >= 4 is 17.2 Å². The Morgan fingerprint density at radius 1 is 1.41 bits per heavy atom. The zero-order valence-electron chi connectivity index (χ0n) is 9.92. The molecule has 3 heterocycles. The minimum atomic E-state index is 0.178. The van der Waals surface area contributed by atoms with E-state index in [9.17, 15) is 4.79 Å². The third-order valence-corrected chi connectivity index (χ3v) is 3.21. The number of carbonyl (C=O) groups excluding carboxylic acids is 1. The summed E-state index contributed by atoms with van der Waals surface area (Å²) in [7, 11) is 0. The van der Waals surface area contributed by atoms with Gasteiger partial charge in [0.25, 0.3) is 0 Å².